The van der Waals surface area contributed by atoms with Crippen LogP contribution in [0.3, 0.4) is 0 Å². The Labute approximate surface area is 166 Å². The predicted octanol–water partition coefficient (Wildman–Crippen LogP) is 3.71. The van der Waals surface area contributed by atoms with Crippen LogP contribution >= 0.6 is 11.3 Å². The van der Waals surface area contributed by atoms with Gasteiger partial charge in [-0.1, -0.05) is 6.07 Å². The molecule has 7 heteroatoms. The molecule has 0 aliphatic carbocycles. The Bertz CT molecular complexity index is 992. The zero-order valence-corrected chi connectivity index (χ0v) is 15.7. The maximum Gasteiger partial charge on any atom is 0.313 e. The van der Waals surface area contributed by atoms with Crippen molar-refractivity contribution < 1.29 is 14.3 Å². The molecule has 3 aromatic rings. The number of hydrogen-bond acceptors (Lipinski definition) is 5. The fourth-order valence-corrected chi connectivity index (χ4v) is 3.10. The quantitative estimate of drug-likeness (QED) is 0.627. The fourth-order valence-electron chi connectivity index (χ4n) is 2.39. The summed E-state index contributed by atoms with van der Waals surface area (Å²) in [6, 6.07) is 17.5. The number of nitrogens with zero attached hydrogens (tertiary/aromatic N) is 1. The molecule has 1 aromatic heterocycles. The van der Waals surface area contributed by atoms with Crippen molar-refractivity contribution in [2.24, 2.45) is 0 Å². The van der Waals surface area contributed by atoms with Crippen LogP contribution in [0.5, 0.6) is 11.5 Å². The van der Waals surface area contributed by atoms with Crippen LogP contribution < -0.4 is 15.4 Å². The lowest BCUT2D eigenvalue weighted by Gasteiger charge is -2.08. The minimum atomic E-state index is -0.722. The Kier molecular flexibility index (Phi) is 6.39. The molecular weight excluding hydrogens is 374 g/mol. The van der Waals surface area contributed by atoms with Gasteiger partial charge in [-0.15, -0.1) is 0 Å². The SMILES string of the molecule is N#Cc1cccc(Oc2ccc(NC(=O)C(=O)NCCc3ccsc3)cc2)c1. The number of carbonyl (C=O) groups excluding carboxylic acids is 2. The predicted molar refractivity (Wildman–Crippen MR) is 107 cm³/mol. The summed E-state index contributed by atoms with van der Waals surface area (Å²) < 4.78 is 5.67. The molecular formula is C21H17N3O3S. The lowest BCUT2D eigenvalue weighted by Crippen LogP contribution is -2.36. The molecule has 0 aliphatic rings. The minimum Gasteiger partial charge on any atom is -0.457 e. The van der Waals surface area contributed by atoms with E-state index >= 15 is 0 Å². The van der Waals surface area contributed by atoms with Crippen molar-refractivity contribution in [2.45, 2.75) is 6.42 Å². The van der Waals surface area contributed by atoms with Crippen molar-refractivity contribution in [3.05, 3.63) is 76.5 Å². The highest BCUT2D eigenvalue weighted by atomic mass is 32.1. The summed E-state index contributed by atoms with van der Waals surface area (Å²) in [5.41, 5.74) is 2.11. The number of hydrogen-bond donors (Lipinski definition) is 2. The first-order chi connectivity index (χ1) is 13.6. The smallest absolute Gasteiger partial charge is 0.313 e. The molecule has 0 aliphatic heterocycles. The fraction of sp³-hybridized carbons (Fsp3) is 0.0952. The van der Waals surface area contributed by atoms with Gasteiger partial charge in [0.2, 0.25) is 0 Å². The maximum atomic E-state index is 12.0. The summed E-state index contributed by atoms with van der Waals surface area (Å²) in [5, 5.41) is 18.0. The Morgan fingerprint density at radius 3 is 2.57 bits per heavy atom. The molecule has 2 N–H and O–H groups in total. The van der Waals surface area contributed by atoms with Crippen molar-refractivity contribution in [1.29, 1.82) is 5.26 Å². The molecule has 0 spiro atoms. The van der Waals surface area contributed by atoms with Gasteiger partial charge in [0.05, 0.1) is 11.6 Å². The molecule has 0 unspecified atom stereocenters. The highest BCUT2D eigenvalue weighted by Gasteiger charge is 2.13. The van der Waals surface area contributed by atoms with E-state index in [2.05, 4.69) is 16.7 Å². The molecule has 2 amide bonds. The largest absolute Gasteiger partial charge is 0.457 e. The van der Waals surface area contributed by atoms with Crippen LogP contribution in [0.4, 0.5) is 5.69 Å². The molecule has 28 heavy (non-hydrogen) atoms. The third-order valence-electron chi connectivity index (χ3n) is 3.80. The zero-order chi connectivity index (χ0) is 19.8. The maximum absolute atomic E-state index is 12.0. The van der Waals surface area contributed by atoms with Crippen LogP contribution in [0.2, 0.25) is 0 Å². The molecule has 0 saturated heterocycles. The highest BCUT2D eigenvalue weighted by Crippen LogP contribution is 2.23. The first kappa shape index (κ1) is 19.1. The van der Waals surface area contributed by atoms with E-state index < -0.39 is 11.8 Å². The molecule has 0 saturated carbocycles. The topological polar surface area (TPSA) is 91.2 Å². The monoisotopic (exact) mass is 391 g/mol. The summed E-state index contributed by atoms with van der Waals surface area (Å²) in [6.45, 7) is 0.400. The number of anilines is 1. The number of nitrogens with one attached hydrogen (secondary N) is 2. The Morgan fingerprint density at radius 2 is 1.86 bits per heavy atom. The van der Waals surface area contributed by atoms with Gasteiger partial charge < -0.3 is 15.4 Å². The van der Waals surface area contributed by atoms with Crippen LogP contribution in [0.25, 0.3) is 0 Å². The zero-order valence-electron chi connectivity index (χ0n) is 14.8. The highest BCUT2D eigenvalue weighted by molar-refractivity contribution is 7.07. The number of nitriles is 1. The van der Waals surface area contributed by atoms with Gasteiger partial charge in [-0.3, -0.25) is 9.59 Å². The second-order valence-electron chi connectivity index (χ2n) is 5.86. The van der Waals surface area contributed by atoms with Gasteiger partial charge in [0, 0.05) is 12.2 Å². The van der Waals surface area contributed by atoms with E-state index in [-0.39, 0.29) is 0 Å². The molecule has 0 radical (unpaired) electrons. The Hall–Kier alpha value is -3.63. The van der Waals surface area contributed by atoms with E-state index in [4.69, 9.17) is 10.00 Å². The minimum absolute atomic E-state index is 0.400. The third kappa shape index (κ3) is 5.43. The average Bonchev–Trinajstić information content (AvgIpc) is 3.23. The molecule has 1 heterocycles. The normalized spacial score (nSPS) is 9.96. The van der Waals surface area contributed by atoms with Crippen molar-refractivity contribution >= 4 is 28.8 Å². The van der Waals surface area contributed by atoms with Gasteiger partial charge in [0.15, 0.2) is 0 Å². The summed E-state index contributed by atoms with van der Waals surface area (Å²) >= 11 is 1.59. The van der Waals surface area contributed by atoms with Gasteiger partial charge in [-0.2, -0.15) is 16.6 Å². The van der Waals surface area contributed by atoms with E-state index in [1.54, 1.807) is 59.9 Å². The molecule has 2 aromatic carbocycles. The number of carbonyl (C=O) groups is 2. The number of amides is 2. The van der Waals surface area contributed by atoms with Crippen molar-refractivity contribution in [3.8, 4) is 17.6 Å². The summed E-state index contributed by atoms with van der Waals surface area (Å²) in [5.74, 6) is -0.307. The number of rotatable bonds is 6. The van der Waals surface area contributed by atoms with E-state index in [9.17, 15) is 9.59 Å². The van der Waals surface area contributed by atoms with E-state index in [0.29, 0.717) is 35.7 Å². The lowest BCUT2D eigenvalue weighted by atomic mass is 10.2. The van der Waals surface area contributed by atoms with Crippen LogP contribution in [-0.4, -0.2) is 18.4 Å². The lowest BCUT2D eigenvalue weighted by molar-refractivity contribution is -0.136. The summed E-state index contributed by atoms with van der Waals surface area (Å²) in [4.78, 5) is 23.8. The van der Waals surface area contributed by atoms with Crippen LogP contribution in [0.15, 0.2) is 65.4 Å². The molecule has 0 atom stereocenters. The molecule has 140 valence electrons. The standard InChI is InChI=1S/C21H17N3O3S/c22-13-16-2-1-3-19(12-16)27-18-6-4-17(5-7-18)24-21(26)20(25)23-10-8-15-9-11-28-14-15/h1-7,9,11-12,14H,8,10H2,(H,23,25)(H,24,26). The summed E-state index contributed by atoms with van der Waals surface area (Å²) in [6.07, 6.45) is 0.682. The van der Waals surface area contributed by atoms with Crippen molar-refractivity contribution in [3.63, 3.8) is 0 Å². The van der Waals surface area contributed by atoms with Gasteiger partial charge in [0.1, 0.15) is 11.5 Å². The summed E-state index contributed by atoms with van der Waals surface area (Å²) in [7, 11) is 0. The van der Waals surface area contributed by atoms with Gasteiger partial charge in [-0.05, 0) is 71.3 Å². The number of benzene rings is 2. The third-order valence-corrected chi connectivity index (χ3v) is 4.53. The van der Waals surface area contributed by atoms with E-state index in [1.807, 2.05) is 16.8 Å². The van der Waals surface area contributed by atoms with Gasteiger partial charge in [-0.25, -0.2) is 0 Å². The second-order valence-corrected chi connectivity index (χ2v) is 6.64. The first-order valence-electron chi connectivity index (χ1n) is 8.52. The first-order valence-corrected chi connectivity index (χ1v) is 9.46. The Balaban J connectivity index is 1.49. The average molecular weight is 391 g/mol. The van der Waals surface area contributed by atoms with E-state index in [1.165, 1.54) is 0 Å². The molecule has 6 nitrogen and oxygen atoms in total. The van der Waals surface area contributed by atoms with Crippen LogP contribution in [-0.2, 0) is 16.0 Å². The molecule has 0 bridgehead atoms. The van der Waals surface area contributed by atoms with Gasteiger partial charge in [0.25, 0.3) is 0 Å². The van der Waals surface area contributed by atoms with E-state index in [0.717, 1.165) is 5.56 Å². The second kappa shape index (κ2) is 9.35. The number of ether oxygens (including phenoxy) is 1. The molecule has 0 fully saturated rings. The molecule has 3 rings (SSSR count). The van der Waals surface area contributed by atoms with Crippen molar-refractivity contribution in [1.82, 2.24) is 5.32 Å². The Morgan fingerprint density at radius 1 is 1.04 bits per heavy atom. The van der Waals surface area contributed by atoms with Crippen LogP contribution in [0.1, 0.15) is 11.1 Å². The van der Waals surface area contributed by atoms with Gasteiger partial charge >= 0.3 is 11.8 Å². The van der Waals surface area contributed by atoms with Crippen LogP contribution in [0, 0.1) is 11.3 Å². The van der Waals surface area contributed by atoms with Crippen molar-refractivity contribution in [2.75, 3.05) is 11.9 Å². The number of thiophene rings is 1.